The van der Waals surface area contributed by atoms with Crippen LogP contribution < -0.4 is 0 Å². The Hall–Kier alpha value is -2.20. The van der Waals surface area contributed by atoms with Gasteiger partial charge in [0.05, 0.1) is 5.56 Å². The SMILES string of the molecule is O=C(O)c1cc(CN2CCc3ccccc3C2)ccc1F. The molecule has 0 fully saturated rings. The summed E-state index contributed by atoms with van der Waals surface area (Å²) in [5.74, 6) is -1.91. The van der Waals surface area contributed by atoms with Crippen LogP contribution in [-0.2, 0) is 19.5 Å². The Labute approximate surface area is 122 Å². The Morgan fingerprint density at radius 1 is 1.19 bits per heavy atom. The quantitative estimate of drug-likeness (QED) is 0.942. The van der Waals surface area contributed by atoms with E-state index in [1.165, 1.54) is 23.3 Å². The fourth-order valence-corrected chi connectivity index (χ4v) is 2.78. The summed E-state index contributed by atoms with van der Waals surface area (Å²) < 4.78 is 13.4. The zero-order valence-corrected chi connectivity index (χ0v) is 11.6. The first-order chi connectivity index (χ1) is 10.1. The van der Waals surface area contributed by atoms with Crippen molar-refractivity contribution in [2.24, 2.45) is 0 Å². The molecular formula is C17H16FNO2. The van der Waals surface area contributed by atoms with E-state index in [0.717, 1.165) is 25.1 Å². The number of carboxylic acid groups (broad SMARTS) is 1. The molecule has 1 aliphatic heterocycles. The first-order valence-electron chi connectivity index (χ1n) is 6.94. The molecule has 3 nitrogen and oxygen atoms in total. The highest BCUT2D eigenvalue weighted by Crippen LogP contribution is 2.21. The fraction of sp³-hybridized carbons (Fsp3) is 0.235. The molecule has 0 saturated carbocycles. The van der Waals surface area contributed by atoms with E-state index in [0.29, 0.717) is 6.54 Å². The van der Waals surface area contributed by atoms with Crippen molar-refractivity contribution in [2.75, 3.05) is 6.54 Å². The summed E-state index contributed by atoms with van der Waals surface area (Å²) >= 11 is 0. The lowest BCUT2D eigenvalue weighted by atomic mass is 9.99. The minimum absolute atomic E-state index is 0.259. The Kier molecular flexibility index (Phi) is 3.71. The first-order valence-corrected chi connectivity index (χ1v) is 6.94. The predicted octanol–water partition coefficient (Wildman–Crippen LogP) is 3.08. The van der Waals surface area contributed by atoms with Crippen LogP contribution in [0.25, 0.3) is 0 Å². The molecular weight excluding hydrogens is 269 g/mol. The van der Waals surface area contributed by atoms with Crippen LogP contribution in [0.5, 0.6) is 0 Å². The molecule has 0 aromatic heterocycles. The monoisotopic (exact) mass is 285 g/mol. The van der Waals surface area contributed by atoms with E-state index in [9.17, 15) is 9.18 Å². The van der Waals surface area contributed by atoms with Gasteiger partial charge in [0, 0.05) is 19.6 Å². The highest BCUT2D eigenvalue weighted by atomic mass is 19.1. The van der Waals surface area contributed by atoms with Gasteiger partial charge in [-0.25, -0.2) is 9.18 Å². The van der Waals surface area contributed by atoms with Crippen LogP contribution in [0.15, 0.2) is 42.5 Å². The van der Waals surface area contributed by atoms with E-state index < -0.39 is 11.8 Å². The molecule has 2 aromatic carbocycles. The van der Waals surface area contributed by atoms with Gasteiger partial charge >= 0.3 is 5.97 Å². The second-order valence-electron chi connectivity index (χ2n) is 5.35. The summed E-state index contributed by atoms with van der Waals surface area (Å²) in [6.07, 6.45) is 0.989. The van der Waals surface area contributed by atoms with Crippen molar-refractivity contribution in [3.63, 3.8) is 0 Å². The first kappa shape index (κ1) is 13.8. The maximum absolute atomic E-state index is 13.4. The normalized spacial score (nSPS) is 14.7. The molecule has 2 aromatic rings. The summed E-state index contributed by atoms with van der Waals surface area (Å²) in [4.78, 5) is 13.2. The van der Waals surface area contributed by atoms with E-state index in [4.69, 9.17) is 5.11 Å². The predicted molar refractivity (Wildman–Crippen MR) is 77.6 cm³/mol. The average Bonchev–Trinajstić information content (AvgIpc) is 2.49. The summed E-state index contributed by atoms with van der Waals surface area (Å²) in [5, 5.41) is 8.97. The minimum Gasteiger partial charge on any atom is -0.478 e. The van der Waals surface area contributed by atoms with Crippen LogP contribution in [-0.4, -0.2) is 22.5 Å². The van der Waals surface area contributed by atoms with E-state index in [1.807, 2.05) is 12.1 Å². The molecule has 0 unspecified atom stereocenters. The van der Waals surface area contributed by atoms with Crippen molar-refractivity contribution >= 4 is 5.97 Å². The zero-order chi connectivity index (χ0) is 14.8. The van der Waals surface area contributed by atoms with Crippen LogP contribution >= 0.6 is 0 Å². The number of carbonyl (C=O) groups is 1. The topological polar surface area (TPSA) is 40.5 Å². The Balaban J connectivity index is 1.76. The Bertz CT molecular complexity index is 684. The maximum atomic E-state index is 13.4. The van der Waals surface area contributed by atoms with Gasteiger partial charge in [0.1, 0.15) is 5.82 Å². The van der Waals surface area contributed by atoms with E-state index in [-0.39, 0.29) is 5.56 Å². The maximum Gasteiger partial charge on any atom is 0.338 e. The van der Waals surface area contributed by atoms with Crippen LogP contribution in [0.3, 0.4) is 0 Å². The number of benzene rings is 2. The summed E-state index contributed by atoms with van der Waals surface area (Å²) in [6.45, 7) is 2.40. The number of carboxylic acids is 1. The molecule has 0 atom stereocenters. The molecule has 0 spiro atoms. The number of nitrogens with zero attached hydrogens (tertiary/aromatic N) is 1. The molecule has 0 amide bonds. The standard InChI is InChI=1S/C17H16FNO2/c18-16-6-5-12(9-15(16)17(20)21)10-19-8-7-13-3-1-2-4-14(13)11-19/h1-6,9H,7-8,10-11H2,(H,20,21). The molecule has 0 saturated heterocycles. The van der Waals surface area contributed by atoms with Crippen molar-refractivity contribution in [3.05, 3.63) is 70.5 Å². The number of hydrogen-bond donors (Lipinski definition) is 1. The third-order valence-electron chi connectivity index (χ3n) is 3.88. The van der Waals surface area contributed by atoms with Crippen LogP contribution in [0.2, 0.25) is 0 Å². The number of rotatable bonds is 3. The molecule has 0 radical (unpaired) electrons. The lowest BCUT2D eigenvalue weighted by Gasteiger charge is -2.28. The van der Waals surface area contributed by atoms with Crippen LogP contribution in [0.1, 0.15) is 27.0 Å². The molecule has 4 heteroatoms. The van der Waals surface area contributed by atoms with E-state index >= 15 is 0 Å². The molecule has 1 aliphatic rings. The summed E-state index contributed by atoms with van der Waals surface area (Å²) in [5.41, 5.74) is 3.25. The van der Waals surface area contributed by atoms with Gasteiger partial charge in [-0.3, -0.25) is 4.90 Å². The molecule has 0 aliphatic carbocycles. The molecule has 1 N–H and O–H groups in total. The van der Waals surface area contributed by atoms with Gasteiger partial charge in [0.15, 0.2) is 0 Å². The smallest absolute Gasteiger partial charge is 0.338 e. The van der Waals surface area contributed by atoms with E-state index in [1.54, 1.807) is 6.07 Å². The van der Waals surface area contributed by atoms with Gasteiger partial charge in [-0.05, 0) is 35.2 Å². The third-order valence-corrected chi connectivity index (χ3v) is 3.88. The summed E-state index contributed by atoms with van der Waals surface area (Å²) in [7, 11) is 0. The van der Waals surface area contributed by atoms with Gasteiger partial charge in [0.2, 0.25) is 0 Å². The second kappa shape index (κ2) is 5.66. The molecule has 1 heterocycles. The number of aromatic carboxylic acids is 1. The lowest BCUT2D eigenvalue weighted by molar-refractivity contribution is 0.0691. The highest BCUT2D eigenvalue weighted by Gasteiger charge is 2.17. The van der Waals surface area contributed by atoms with Gasteiger partial charge in [0.25, 0.3) is 0 Å². The van der Waals surface area contributed by atoms with Crippen molar-refractivity contribution in [1.82, 2.24) is 4.90 Å². The van der Waals surface area contributed by atoms with Crippen molar-refractivity contribution in [1.29, 1.82) is 0 Å². The summed E-state index contributed by atoms with van der Waals surface area (Å²) in [6, 6.07) is 12.7. The Morgan fingerprint density at radius 2 is 1.95 bits per heavy atom. The highest BCUT2D eigenvalue weighted by molar-refractivity contribution is 5.88. The van der Waals surface area contributed by atoms with Crippen LogP contribution in [0, 0.1) is 5.82 Å². The third kappa shape index (κ3) is 2.95. The Morgan fingerprint density at radius 3 is 2.71 bits per heavy atom. The molecule has 108 valence electrons. The second-order valence-corrected chi connectivity index (χ2v) is 5.35. The lowest BCUT2D eigenvalue weighted by Crippen LogP contribution is -2.30. The van der Waals surface area contributed by atoms with Gasteiger partial charge in [-0.15, -0.1) is 0 Å². The van der Waals surface area contributed by atoms with Gasteiger partial charge in [-0.2, -0.15) is 0 Å². The average molecular weight is 285 g/mol. The van der Waals surface area contributed by atoms with Crippen LogP contribution in [0.4, 0.5) is 4.39 Å². The van der Waals surface area contributed by atoms with Crippen molar-refractivity contribution in [2.45, 2.75) is 19.5 Å². The zero-order valence-electron chi connectivity index (χ0n) is 11.6. The van der Waals surface area contributed by atoms with Crippen molar-refractivity contribution < 1.29 is 14.3 Å². The van der Waals surface area contributed by atoms with E-state index in [2.05, 4.69) is 17.0 Å². The van der Waals surface area contributed by atoms with Gasteiger partial charge < -0.3 is 5.11 Å². The fourth-order valence-electron chi connectivity index (χ4n) is 2.78. The molecule has 3 rings (SSSR count). The molecule has 21 heavy (non-hydrogen) atoms. The molecule has 0 bridgehead atoms. The number of hydrogen-bond acceptors (Lipinski definition) is 2. The van der Waals surface area contributed by atoms with Crippen molar-refractivity contribution in [3.8, 4) is 0 Å². The minimum atomic E-state index is -1.22. The number of halogens is 1. The number of fused-ring (bicyclic) bond motifs is 1. The van der Waals surface area contributed by atoms with Gasteiger partial charge in [-0.1, -0.05) is 30.3 Å². The largest absolute Gasteiger partial charge is 0.478 e.